The third-order valence-corrected chi connectivity index (χ3v) is 4.58. The Bertz CT molecular complexity index is 409. The van der Waals surface area contributed by atoms with Crippen LogP contribution >= 0.6 is 11.8 Å². The van der Waals surface area contributed by atoms with Crippen LogP contribution in [0.4, 0.5) is 0 Å². The van der Waals surface area contributed by atoms with Crippen molar-refractivity contribution in [3.05, 3.63) is 22.8 Å². The summed E-state index contributed by atoms with van der Waals surface area (Å²) in [6, 6.07) is 0. The highest BCUT2D eigenvalue weighted by atomic mass is 32.2. The maximum absolute atomic E-state index is 4.70. The number of hydrogen-bond acceptors (Lipinski definition) is 4. The fraction of sp³-hybridized carbons (Fsp3) is 0.765. The second-order valence-electron chi connectivity index (χ2n) is 6.16. The zero-order valence-electron chi connectivity index (χ0n) is 14.5. The highest BCUT2D eigenvalue weighted by molar-refractivity contribution is 7.99. The molecule has 0 aliphatic rings. The van der Waals surface area contributed by atoms with Crippen LogP contribution in [0.1, 0.15) is 56.9 Å². The number of aromatic nitrogens is 2. The predicted molar refractivity (Wildman–Crippen MR) is 94.0 cm³/mol. The quantitative estimate of drug-likeness (QED) is 0.702. The van der Waals surface area contributed by atoms with E-state index in [0.29, 0.717) is 11.2 Å². The Morgan fingerprint density at radius 2 is 1.71 bits per heavy atom. The molecule has 1 aromatic rings. The van der Waals surface area contributed by atoms with Crippen LogP contribution in [0, 0.1) is 19.8 Å². The van der Waals surface area contributed by atoms with Gasteiger partial charge in [0.15, 0.2) is 0 Å². The lowest BCUT2D eigenvalue weighted by molar-refractivity contribution is 0.507. The molecular weight excluding hydrogens is 278 g/mol. The van der Waals surface area contributed by atoms with Crippen molar-refractivity contribution in [3.63, 3.8) is 0 Å². The van der Waals surface area contributed by atoms with Crippen molar-refractivity contribution in [2.75, 3.05) is 13.1 Å². The van der Waals surface area contributed by atoms with Crippen LogP contribution in [0.3, 0.4) is 0 Å². The van der Waals surface area contributed by atoms with Gasteiger partial charge in [0, 0.05) is 11.4 Å². The third kappa shape index (κ3) is 6.79. The average molecular weight is 310 g/mol. The van der Waals surface area contributed by atoms with E-state index in [1.165, 1.54) is 12.0 Å². The van der Waals surface area contributed by atoms with Crippen molar-refractivity contribution < 1.29 is 0 Å². The molecule has 1 rings (SSSR count). The summed E-state index contributed by atoms with van der Waals surface area (Å²) in [5, 5.41) is 4.12. The van der Waals surface area contributed by atoms with Crippen LogP contribution in [0.25, 0.3) is 0 Å². The fourth-order valence-electron chi connectivity index (χ4n) is 2.36. The second-order valence-corrected chi connectivity index (χ2v) is 7.73. The van der Waals surface area contributed by atoms with E-state index >= 15 is 0 Å². The minimum Gasteiger partial charge on any atom is -0.316 e. The molecule has 3 nitrogen and oxygen atoms in total. The van der Waals surface area contributed by atoms with E-state index in [1.54, 1.807) is 0 Å². The van der Waals surface area contributed by atoms with Crippen LogP contribution in [0.2, 0.25) is 0 Å². The number of thioether (sulfide) groups is 1. The highest BCUT2D eigenvalue weighted by Crippen LogP contribution is 2.19. The number of nitrogens with one attached hydrogen (secondary N) is 1. The van der Waals surface area contributed by atoms with Gasteiger partial charge in [-0.15, -0.1) is 0 Å². The molecule has 0 spiro atoms. The minimum atomic E-state index is 0.619. The minimum absolute atomic E-state index is 0.619. The highest BCUT2D eigenvalue weighted by Gasteiger charge is 2.12. The molecule has 21 heavy (non-hydrogen) atoms. The van der Waals surface area contributed by atoms with E-state index in [4.69, 9.17) is 9.97 Å². The lowest BCUT2D eigenvalue weighted by Crippen LogP contribution is -2.23. The van der Waals surface area contributed by atoms with E-state index < -0.39 is 0 Å². The lowest BCUT2D eigenvalue weighted by atomic mass is 9.98. The van der Waals surface area contributed by atoms with Crippen molar-refractivity contribution in [1.82, 2.24) is 15.3 Å². The van der Waals surface area contributed by atoms with Crippen molar-refractivity contribution in [2.45, 2.75) is 65.4 Å². The Hall–Kier alpha value is -0.610. The summed E-state index contributed by atoms with van der Waals surface area (Å²) in [4.78, 5) is 9.41. The van der Waals surface area contributed by atoms with E-state index in [1.807, 2.05) is 11.8 Å². The second kappa shape index (κ2) is 9.42. The van der Waals surface area contributed by atoms with E-state index in [9.17, 15) is 0 Å². The SMILES string of the molecule is CCCNCC(C)Cc1c(C)nc(CSC(C)C)nc1C. The molecule has 1 N–H and O–H groups in total. The third-order valence-electron chi connectivity index (χ3n) is 3.48. The zero-order chi connectivity index (χ0) is 15.8. The van der Waals surface area contributed by atoms with Crippen LogP contribution in [0.5, 0.6) is 0 Å². The van der Waals surface area contributed by atoms with Gasteiger partial charge in [-0.25, -0.2) is 9.97 Å². The van der Waals surface area contributed by atoms with Gasteiger partial charge in [0.1, 0.15) is 5.82 Å². The Morgan fingerprint density at radius 3 is 2.24 bits per heavy atom. The molecule has 0 amide bonds. The zero-order valence-corrected chi connectivity index (χ0v) is 15.3. The molecule has 0 saturated carbocycles. The van der Waals surface area contributed by atoms with Crippen LogP contribution in [-0.4, -0.2) is 28.3 Å². The number of nitrogens with zero attached hydrogens (tertiary/aromatic N) is 2. The normalized spacial score (nSPS) is 12.9. The molecule has 0 bridgehead atoms. The smallest absolute Gasteiger partial charge is 0.138 e. The molecule has 0 fully saturated rings. The first kappa shape index (κ1) is 18.4. The monoisotopic (exact) mass is 309 g/mol. The van der Waals surface area contributed by atoms with Crippen molar-refractivity contribution in [1.29, 1.82) is 0 Å². The first-order chi connectivity index (χ1) is 9.93. The molecular formula is C17H31N3S. The number of hydrogen-bond donors (Lipinski definition) is 1. The standard InChI is InChI=1S/C17H31N3S/c1-7-8-18-10-13(4)9-16-14(5)19-17(20-15(16)6)11-21-12(2)3/h12-13,18H,7-11H2,1-6H3. The van der Waals surface area contributed by atoms with Crippen LogP contribution < -0.4 is 5.32 Å². The fourth-order valence-corrected chi connectivity index (χ4v) is 2.97. The van der Waals surface area contributed by atoms with E-state index in [0.717, 1.165) is 42.5 Å². The summed E-state index contributed by atoms with van der Waals surface area (Å²) in [5.41, 5.74) is 3.65. The Balaban J connectivity index is 2.66. The Kier molecular flexibility index (Phi) is 8.27. The molecule has 1 atom stereocenters. The van der Waals surface area contributed by atoms with Gasteiger partial charge in [0.25, 0.3) is 0 Å². The molecule has 0 radical (unpaired) electrons. The molecule has 1 aromatic heterocycles. The summed E-state index contributed by atoms with van der Waals surface area (Å²) >= 11 is 1.90. The van der Waals surface area contributed by atoms with Gasteiger partial charge in [-0.2, -0.15) is 11.8 Å². The molecule has 120 valence electrons. The first-order valence-electron chi connectivity index (χ1n) is 8.09. The summed E-state index contributed by atoms with van der Waals surface area (Å²) in [7, 11) is 0. The summed E-state index contributed by atoms with van der Waals surface area (Å²) in [6.45, 7) is 15.3. The maximum Gasteiger partial charge on any atom is 0.138 e. The largest absolute Gasteiger partial charge is 0.316 e. The Morgan fingerprint density at radius 1 is 1.10 bits per heavy atom. The number of rotatable bonds is 9. The first-order valence-corrected chi connectivity index (χ1v) is 9.14. The van der Waals surface area contributed by atoms with Gasteiger partial charge in [0.2, 0.25) is 0 Å². The average Bonchev–Trinajstić information content (AvgIpc) is 2.41. The molecule has 0 aliphatic carbocycles. The van der Waals surface area contributed by atoms with Crippen molar-refractivity contribution in [2.24, 2.45) is 5.92 Å². The molecule has 4 heteroatoms. The molecule has 1 unspecified atom stereocenters. The summed E-state index contributed by atoms with van der Waals surface area (Å²) in [5.74, 6) is 2.51. The van der Waals surface area contributed by atoms with Crippen LogP contribution in [0.15, 0.2) is 0 Å². The Labute approximate surface area is 134 Å². The summed E-state index contributed by atoms with van der Waals surface area (Å²) in [6.07, 6.45) is 2.25. The molecule has 1 heterocycles. The van der Waals surface area contributed by atoms with Crippen LogP contribution in [-0.2, 0) is 12.2 Å². The number of aryl methyl sites for hydroxylation is 2. The maximum atomic E-state index is 4.70. The van der Waals surface area contributed by atoms with Crippen molar-refractivity contribution in [3.8, 4) is 0 Å². The van der Waals surface area contributed by atoms with Crippen molar-refractivity contribution >= 4 is 11.8 Å². The van der Waals surface area contributed by atoms with Gasteiger partial charge in [0.05, 0.1) is 5.75 Å². The van der Waals surface area contributed by atoms with E-state index in [2.05, 4.69) is 46.9 Å². The van der Waals surface area contributed by atoms with Gasteiger partial charge < -0.3 is 5.32 Å². The van der Waals surface area contributed by atoms with Gasteiger partial charge in [-0.3, -0.25) is 0 Å². The molecule has 0 aliphatic heterocycles. The van der Waals surface area contributed by atoms with Gasteiger partial charge in [-0.1, -0.05) is 27.7 Å². The van der Waals surface area contributed by atoms with Gasteiger partial charge in [-0.05, 0) is 56.5 Å². The molecule has 0 aromatic carbocycles. The summed E-state index contributed by atoms with van der Waals surface area (Å²) < 4.78 is 0. The molecule has 0 saturated heterocycles. The topological polar surface area (TPSA) is 37.8 Å². The lowest BCUT2D eigenvalue weighted by Gasteiger charge is -2.16. The van der Waals surface area contributed by atoms with Gasteiger partial charge >= 0.3 is 0 Å². The predicted octanol–water partition coefficient (Wildman–Crippen LogP) is 3.91. The van der Waals surface area contributed by atoms with E-state index in [-0.39, 0.29) is 0 Å².